The molecule has 70 heavy (non-hydrogen) atoms. The fourth-order valence-corrected chi connectivity index (χ4v) is 9.46. The third-order valence-corrected chi connectivity index (χ3v) is 14.2. The highest BCUT2D eigenvalue weighted by atomic mass is 16.6. The van der Waals surface area contributed by atoms with Gasteiger partial charge in [-0.2, -0.15) is 0 Å². The second kappa shape index (κ2) is 59.5. The second-order valence-electron chi connectivity index (χ2n) is 21.3. The maximum Gasteiger partial charge on any atom is 0.306 e. The van der Waals surface area contributed by atoms with Crippen LogP contribution in [0.2, 0.25) is 0 Å². The summed E-state index contributed by atoms with van der Waals surface area (Å²) in [5, 5.41) is 0. The molecule has 0 saturated heterocycles. The standard InChI is InChI=1S/C64H120O6/c1-4-7-10-13-16-19-21-23-25-26-27-28-29-30-31-32-33-34-35-36-37-38-39-41-42-45-48-51-54-57-63(66)69-60-61(59-68-62(65)56-53-50-47-44-18-15-12-9-6-3)70-64(67)58-55-52-49-46-43-40-24-22-20-17-14-11-8-5-2/h14,17,22,24,61H,4-13,15-16,18-21,23,25-60H2,1-3H3/b17-14-,24-22-. The Bertz CT molecular complexity index is 1130. The summed E-state index contributed by atoms with van der Waals surface area (Å²) in [6, 6.07) is 0. The van der Waals surface area contributed by atoms with E-state index >= 15 is 0 Å². The third-order valence-electron chi connectivity index (χ3n) is 14.2. The topological polar surface area (TPSA) is 78.9 Å². The highest BCUT2D eigenvalue weighted by molar-refractivity contribution is 5.71. The molecular formula is C64H120O6. The van der Waals surface area contributed by atoms with Crippen molar-refractivity contribution in [1.82, 2.24) is 0 Å². The van der Waals surface area contributed by atoms with Gasteiger partial charge in [-0.3, -0.25) is 14.4 Å². The number of carbonyl (C=O) groups excluding carboxylic acids is 3. The van der Waals surface area contributed by atoms with Gasteiger partial charge in [0.25, 0.3) is 0 Å². The zero-order chi connectivity index (χ0) is 50.7. The maximum atomic E-state index is 12.8. The van der Waals surface area contributed by atoms with E-state index < -0.39 is 6.10 Å². The quantitative estimate of drug-likeness (QED) is 0.0261. The van der Waals surface area contributed by atoms with E-state index in [4.69, 9.17) is 14.2 Å². The Hall–Kier alpha value is -2.11. The molecule has 0 aromatic heterocycles. The van der Waals surface area contributed by atoms with Crippen molar-refractivity contribution in [2.24, 2.45) is 0 Å². The predicted molar refractivity (Wildman–Crippen MR) is 303 cm³/mol. The molecule has 0 heterocycles. The van der Waals surface area contributed by atoms with Crippen LogP contribution in [0.4, 0.5) is 0 Å². The summed E-state index contributed by atoms with van der Waals surface area (Å²) in [6.45, 7) is 6.62. The number of hydrogen-bond acceptors (Lipinski definition) is 6. The van der Waals surface area contributed by atoms with Crippen LogP contribution in [0.1, 0.15) is 348 Å². The zero-order valence-corrected chi connectivity index (χ0v) is 47.3. The van der Waals surface area contributed by atoms with Gasteiger partial charge in [-0.25, -0.2) is 0 Å². The molecule has 412 valence electrons. The highest BCUT2D eigenvalue weighted by Gasteiger charge is 2.19. The number of allylic oxidation sites excluding steroid dienone is 4. The van der Waals surface area contributed by atoms with Crippen LogP contribution in [-0.2, 0) is 28.6 Å². The van der Waals surface area contributed by atoms with Gasteiger partial charge in [0.05, 0.1) is 0 Å². The molecule has 0 saturated carbocycles. The molecule has 0 aliphatic rings. The van der Waals surface area contributed by atoms with Gasteiger partial charge in [0.15, 0.2) is 6.10 Å². The maximum absolute atomic E-state index is 12.8. The Morgan fingerprint density at radius 1 is 0.286 bits per heavy atom. The molecule has 0 radical (unpaired) electrons. The van der Waals surface area contributed by atoms with Gasteiger partial charge >= 0.3 is 17.9 Å². The van der Waals surface area contributed by atoms with Gasteiger partial charge in [-0.15, -0.1) is 0 Å². The molecule has 1 unspecified atom stereocenters. The van der Waals surface area contributed by atoms with Crippen molar-refractivity contribution in [3.05, 3.63) is 24.3 Å². The summed E-state index contributed by atoms with van der Waals surface area (Å²) in [5.74, 6) is -0.869. The van der Waals surface area contributed by atoms with Gasteiger partial charge in [0.2, 0.25) is 0 Å². The van der Waals surface area contributed by atoms with Gasteiger partial charge in [0, 0.05) is 19.3 Å². The number of ether oxygens (including phenoxy) is 3. The summed E-state index contributed by atoms with van der Waals surface area (Å²) < 4.78 is 16.8. The molecular weight excluding hydrogens is 865 g/mol. The monoisotopic (exact) mass is 985 g/mol. The van der Waals surface area contributed by atoms with Crippen molar-refractivity contribution < 1.29 is 28.6 Å². The molecule has 6 heteroatoms. The van der Waals surface area contributed by atoms with E-state index in [0.29, 0.717) is 19.3 Å². The Kier molecular flexibility index (Phi) is 57.7. The lowest BCUT2D eigenvalue weighted by molar-refractivity contribution is -0.167. The van der Waals surface area contributed by atoms with E-state index in [1.165, 1.54) is 225 Å². The number of rotatable bonds is 58. The molecule has 0 aromatic rings. The predicted octanol–water partition coefficient (Wildman–Crippen LogP) is 21.1. The fraction of sp³-hybridized carbons (Fsp3) is 0.891. The smallest absolute Gasteiger partial charge is 0.306 e. The number of hydrogen-bond donors (Lipinski definition) is 0. The first-order chi connectivity index (χ1) is 34.5. The Labute approximate surface area is 436 Å². The Morgan fingerprint density at radius 3 is 0.829 bits per heavy atom. The van der Waals surface area contributed by atoms with Crippen LogP contribution in [0.3, 0.4) is 0 Å². The second-order valence-corrected chi connectivity index (χ2v) is 21.3. The molecule has 1 atom stereocenters. The molecule has 0 bridgehead atoms. The van der Waals surface area contributed by atoms with E-state index in [0.717, 1.165) is 83.5 Å². The molecule has 0 aromatic carbocycles. The van der Waals surface area contributed by atoms with E-state index in [2.05, 4.69) is 45.1 Å². The third kappa shape index (κ3) is 56.8. The van der Waals surface area contributed by atoms with E-state index in [1.54, 1.807) is 0 Å². The molecule has 0 rings (SSSR count). The van der Waals surface area contributed by atoms with Crippen molar-refractivity contribution in [2.45, 2.75) is 354 Å². The lowest BCUT2D eigenvalue weighted by Crippen LogP contribution is -2.30. The van der Waals surface area contributed by atoms with Crippen LogP contribution in [0.25, 0.3) is 0 Å². The summed E-state index contributed by atoms with van der Waals surface area (Å²) in [6.07, 6.45) is 70.7. The normalized spacial score (nSPS) is 12.1. The largest absolute Gasteiger partial charge is 0.462 e. The molecule has 0 aliphatic carbocycles. The van der Waals surface area contributed by atoms with Crippen molar-refractivity contribution >= 4 is 17.9 Å². The van der Waals surface area contributed by atoms with Gasteiger partial charge in [0.1, 0.15) is 13.2 Å². The average Bonchev–Trinajstić information content (AvgIpc) is 3.36. The highest BCUT2D eigenvalue weighted by Crippen LogP contribution is 2.18. The molecule has 0 N–H and O–H groups in total. The summed E-state index contributed by atoms with van der Waals surface area (Å²) in [4.78, 5) is 38.0. The van der Waals surface area contributed by atoms with E-state index in [9.17, 15) is 14.4 Å². The van der Waals surface area contributed by atoms with Gasteiger partial charge in [-0.05, 0) is 44.9 Å². The molecule has 0 aliphatic heterocycles. The summed E-state index contributed by atoms with van der Waals surface area (Å²) >= 11 is 0. The minimum absolute atomic E-state index is 0.0719. The van der Waals surface area contributed by atoms with Crippen LogP contribution in [0.15, 0.2) is 24.3 Å². The van der Waals surface area contributed by atoms with Crippen molar-refractivity contribution in [3.63, 3.8) is 0 Å². The van der Waals surface area contributed by atoms with Gasteiger partial charge in [-0.1, -0.05) is 308 Å². The van der Waals surface area contributed by atoms with E-state index in [1.807, 2.05) is 0 Å². The van der Waals surface area contributed by atoms with Crippen molar-refractivity contribution in [3.8, 4) is 0 Å². The molecule has 6 nitrogen and oxygen atoms in total. The summed E-state index contributed by atoms with van der Waals surface area (Å²) in [7, 11) is 0. The van der Waals surface area contributed by atoms with Crippen molar-refractivity contribution in [2.75, 3.05) is 13.2 Å². The zero-order valence-electron chi connectivity index (χ0n) is 47.3. The lowest BCUT2D eigenvalue weighted by Gasteiger charge is -2.18. The van der Waals surface area contributed by atoms with Gasteiger partial charge < -0.3 is 14.2 Å². The molecule has 0 fully saturated rings. The van der Waals surface area contributed by atoms with E-state index in [-0.39, 0.29) is 31.1 Å². The van der Waals surface area contributed by atoms with Crippen molar-refractivity contribution in [1.29, 1.82) is 0 Å². The minimum atomic E-state index is -0.773. The first-order valence-electron chi connectivity index (χ1n) is 31.3. The lowest BCUT2D eigenvalue weighted by atomic mass is 10.0. The number of carbonyl (C=O) groups is 3. The van der Waals surface area contributed by atoms with Crippen LogP contribution in [0.5, 0.6) is 0 Å². The van der Waals surface area contributed by atoms with Crippen LogP contribution in [-0.4, -0.2) is 37.2 Å². The van der Waals surface area contributed by atoms with Crippen LogP contribution < -0.4 is 0 Å². The number of unbranched alkanes of at least 4 members (excludes halogenated alkanes) is 43. The Balaban J connectivity index is 4.05. The molecule has 0 spiro atoms. The first-order valence-corrected chi connectivity index (χ1v) is 31.3. The fourth-order valence-electron chi connectivity index (χ4n) is 9.46. The average molecular weight is 986 g/mol. The minimum Gasteiger partial charge on any atom is -0.462 e. The molecule has 0 amide bonds. The van der Waals surface area contributed by atoms with Crippen LogP contribution in [0, 0.1) is 0 Å². The first kappa shape index (κ1) is 67.9. The Morgan fingerprint density at radius 2 is 0.529 bits per heavy atom. The number of esters is 3. The SMILES string of the molecule is CCCC/C=C\C/C=C\CCCCCCCC(=O)OC(COC(=O)CCCCCCCCCCC)COC(=O)CCCCCCCCCCCCCCCCCCCCCCCCCCCCCCC. The van der Waals surface area contributed by atoms with Crippen LogP contribution >= 0.6 is 0 Å². The summed E-state index contributed by atoms with van der Waals surface area (Å²) in [5.41, 5.74) is 0.